The molecule has 244 valence electrons. The van der Waals surface area contributed by atoms with Crippen molar-refractivity contribution in [1.82, 2.24) is 9.13 Å². The Kier molecular flexibility index (Phi) is 5.74. The van der Waals surface area contributed by atoms with Gasteiger partial charge in [0.25, 0.3) is 0 Å². The van der Waals surface area contributed by atoms with E-state index in [-0.39, 0.29) is 5.50 Å². The summed E-state index contributed by atoms with van der Waals surface area (Å²) in [6.45, 7) is 0. The number of thioether (sulfide) groups is 1. The largest absolute Gasteiger partial charge is 0.455 e. The molecule has 1 unspecified atom stereocenters. The van der Waals surface area contributed by atoms with E-state index >= 15 is 0 Å². The zero-order chi connectivity index (χ0) is 33.9. The molecule has 1 aliphatic heterocycles. The summed E-state index contributed by atoms with van der Waals surface area (Å²) in [7, 11) is 0. The Morgan fingerprint density at radius 2 is 1.19 bits per heavy atom. The standard InChI is InChI=1S/C47H29N3OS/c1-2-11-29-26-30(21-20-28(29)10-1)32-15-9-16-36-44-43(51-45(32)36)25-23-38-46(44)52-47(48-38)50-41-19-8-5-14-35(41)37-27-31(22-24-42(37)50)49-39-17-6-3-12-33(39)34-13-4-7-18-40(34)49/h1-27,47-48H. The maximum atomic E-state index is 6.70. The van der Waals surface area contributed by atoms with E-state index < -0.39 is 0 Å². The number of nitrogens with one attached hydrogen (secondary N) is 1. The average molecular weight is 684 g/mol. The van der Waals surface area contributed by atoms with Gasteiger partial charge in [-0.2, -0.15) is 0 Å². The monoisotopic (exact) mass is 683 g/mol. The molecule has 8 aromatic carbocycles. The summed E-state index contributed by atoms with van der Waals surface area (Å²) < 4.78 is 11.6. The fourth-order valence-electron chi connectivity index (χ4n) is 8.65. The molecule has 11 aromatic rings. The molecule has 12 rings (SSSR count). The third-order valence-electron chi connectivity index (χ3n) is 11.0. The van der Waals surface area contributed by atoms with Crippen LogP contribution in [0.2, 0.25) is 0 Å². The van der Waals surface area contributed by atoms with E-state index in [1.807, 2.05) is 11.8 Å². The number of benzene rings is 8. The predicted octanol–water partition coefficient (Wildman–Crippen LogP) is 13.3. The summed E-state index contributed by atoms with van der Waals surface area (Å²) in [5.41, 5.74) is 11.2. The van der Waals surface area contributed by atoms with Crippen LogP contribution in [-0.2, 0) is 0 Å². The number of nitrogens with zero attached hydrogens (tertiary/aromatic N) is 2. The van der Waals surface area contributed by atoms with Crippen molar-refractivity contribution in [3.8, 4) is 16.8 Å². The zero-order valence-electron chi connectivity index (χ0n) is 27.9. The molecule has 0 saturated carbocycles. The lowest BCUT2D eigenvalue weighted by Crippen LogP contribution is -2.10. The molecule has 5 heteroatoms. The van der Waals surface area contributed by atoms with Crippen LogP contribution >= 0.6 is 11.8 Å². The molecule has 4 heterocycles. The van der Waals surface area contributed by atoms with E-state index in [0.29, 0.717) is 0 Å². The molecule has 1 atom stereocenters. The van der Waals surface area contributed by atoms with Crippen LogP contribution in [0.5, 0.6) is 0 Å². The molecule has 0 radical (unpaired) electrons. The Morgan fingerprint density at radius 3 is 2.00 bits per heavy atom. The highest BCUT2D eigenvalue weighted by molar-refractivity contribution is 8.00. The van der Waals surface area contributed by atoms with Gasteiger partial charge in [-0.15, -0.1) is 0 Å². The third kappa shape index (κ3) is 3.88. The molecule has 4 nitrogen and oxygen atoms in total. The topological polar surface area (TPSA) is 35.0 Å². The first-order chi connectivity index (χ1) is 25.8. The second kappa shape index (κ2) is 10.5. The molecule has 52 heavy (non-hydrogen) atoms. The number of aromatic nitrogens is 2. The lowest BCUT2D eigenvalue weighted by atomic mass is 9.99. The molecule has 0 spiro atoms. The van der Waals surface area contributed by atoms with Crippen LogP contribution in [0.4, 0.5) is 5.69 Å². The van der Waals surface area contributed by atoms with Crippen LogP contribution in [-0.4, -0.2) is 9.13 Å². The predicted molar refractivity (Wildman–Crippen MR) is 219 cm³/mol. The van der Waals surface area contributed by atoms with E-state index in [4.69, 9.17) is 4.42 Å². The fraction of sp³-hybridized carbons (Fsp3) is 0.0213. The number of rotatable bonds is 3. The smallest absolute Gasteiger partial charge is 0.157 e. The van der Waals surface area contributed by atoms with Crippen molar-refractivity contribution >= 4 is 93.8 Å². The molecule has 0 amide bonds. The highest BCUT2D eigenvalue weighted by Crippen LogP contribution is 2.52. The number of anilines is 1. The number of fused-ring (bicyclic) bond motifs is 12. The van der Waals surface area contributed by atoms with Crippen LogP contribution in [0.15, 0.2) is 173 Å². The molecular formula is C47H29N3OS. The minimum Gasteiger partial charge on any atom is -0.455 e. The van der Waals surface area contributed by atoms with Gasteiger partial charge in [-0.3, -0.25) is 0 Å². The van der Waals surface area contributed by atoms with Gasteiger partial charge in [-0.25, -0.2) is 0 Å². The summed E-state index contributed by atoms with van der Waals surface area (Å²) in [5.74, 6) is 0. The van der Waals surface area contributed by atoms with Gasteiger partial charge < -0.3 is 18.9 Å². The normalized spacial score (nSPS) is 14.4. The number of para-hydroxylation sites is 4. The number of furan rings is 1. The fourth-order valence-corrected chi connectivity index (χ4v) is 9.98. The average Bonchev–Trinajstić information content (AvgIpc) is 3.96. The highest BCUT2D eigenvalue weighted by Gasteiger charge is 2.30. The molecular weight excluding hydrogens is 655 g/mol. The van der Waals surface area contributed by atoms with Crippen molar-refractivity contribution in [3.05, 3.63) is 164 Å². The highest BCUT2D eigenvalue weighted by atomic mass is 32.2. The van der Waals surface area contributed by atoms with Crippen LogP contribution in [0.1, 0.15) is 5.50 Å². The van der Waals surface area contributed by atoms with Crippen molar-refractivity contribution in [2.75, 3.05) is 5.32 Å². The van der Waals surface area contributed by atoms with E-state index in [1.54, 1.807) is 0 Å². The molecule has 3 aromatic heterocycles. The van der Waals surface area contributed by atoms with Gasteiger partial charge in [-0.05, 0) is 70.9 Å². The van der Waals surface area contributed by atoms with Gasteiger partial charge in [0, 0.05) is 48.5 Å². The Bertz CT molecular complexity index is 3220. The second-order valence-corrected chi connectivity index (χ2v) is 14.8. The van der Waals surface area contributed by atoms with Gasteiger partial charge in [0.15, 0.2) is 5.50 Å². The van der Waals surface area contributed by atoms with Gasteiger partial charge in [-0.1, -0.05) is 121 Å². The van der Waals surface area contributed by atoms with Crippen LogP contribution in [0.3, 0.4) is 0 Å². The van der Waals surface area contributed by atoms with Crippen LogP contribution < -0.4 is 5.32 Å². The first-order valence-electron chi connectivity index (χ1n) is 17.7. The van der Waals surface area contributed by atoms with E-state index in [1.165, 1.54) is 64.7 Å². The lowest BCUT2D eigenvalue weighted by Gasteiger charge is -2.16. The molecule has 0 aliphatic carbocycles. The summed E-state index contributed by atoms with van der Waals surface area (Å²) in [6, 6.07) is 59.2. The summed E-state index contributed by atoms with van der Waals surface area (Å²) in [6.07, 6.45) is 0. The quantitative estimate of drug-likeness (QED) is 0.201. The van der Waals surface area contributed by atoms with Gasteiger partial charge in [0.05, 0.1) is 27.8 Å². The first-order valence-corrected chi connectivity index (χ1v) is 18.6. The molecule has 0 bridgehead atoms. The van der Waals surface area contributed by atoms with Crippen LogP contribution in [0.25, 0.3) is 93.1 Å². The molecule has 0 fully saturated rings. The van der Waals surface area contributed by atoms with E-state index in [0.717, 1.165) is 39.1 Å². The van der Waals surface area contributed by atoms with Crippen molar-refractivity contribution in [1.29, 1.82) is 0 Å². The minimum absolute atomic E-state index is 0.0318. The van der Waals surface area contributed by atoms with E-state index in [2.05, 4.69) is 178 Å². The summed E-state index contributed by atoms with van der Waals surface area (Å²) >= 11 is 1.87. The first kappa shape index (κ1) is 28.3. The summed E-state index contributed by atoms with van der Waals surface area (Å²) in [5, 5.41) is 13.7. The Morgan fingerprint density at radius 1 is 0.519 bits per heavy atom. The Hall–Kier alpha value is -6.43. The molecule has 1 aliphatic rings. The minimum atomic E-state index is -0.0318. The van der Waals surface area contributed by atoms with Gasteiger partial charge in [0.2, 0.25) is 0 Å². The van der Waals surface area contributed by atoms with Crippen LogP contribution in [0, 0.1) is 0 Å². The lowest BCUT2D eigenvalue weighted by molar-refractivity contribution is 0.669. The van der Waals surface area contributed by atoms with Gasteiger partial charge in [0.1, 0.15) is 11.2 Å². The van der Waals surface area contributed by atoms with Crippen molar-refractivity contribution in [2.24, 2.45) is 0 Å². The molecule has 0 saturated heterocycles. The van der Waals surface area contributed by atoms with Crippen molar-refractivity contribution in [2.45, 2.75) is 10.4 Å². The number of hydrogen-bond acceptors (Lipinski definition) is 3. The molecule has 1 N–H and O–H groups in total. The van der Waals surface area contributed by atoms with E-state index in [9.17, 15) is 0 Å². The summed E-state index contributed by atoms with van der Waals surface area (Å²) in [4.78, 5) is 1.23. The second-order valence-electron chi connectivity index (χ2n) is 13.7. The SMILES string of the molecule is c1ccc2cc(-c3cccc4c3oc3ccc5c(c34)SC(n3c4ccccc4c4cc(-n6c7ccccc7c7ccccc76)ccc43)N5)ccc2c1. The maximum Gasteiger partial charge on any atom is 0.157 e. The maximum absolute atomic E-state index is 6.70. The zero-order valence-corrected chi connectivity index (χ0v) is 28.7. The Balaban J connectivity index is 1.01. The Labute approximate surface area is 302 Å². The third-order valence-corrected chi connectivity index (χ3v) is 12.2. The van der Waals surface area contributed by atoms with Crippen molar-refractivity contribution < 1.29 is 4.42 Å². The van der Waals surface area contributed by atoms with Crippen molar-refractivity contribution in [3.63, 3.8) is 0 Å². The van der Waals surface area contributed by atoms with Gasteiger partial charge >= 0.3 is 0 Å². The number of hydrogen-bond donors (Lipinski definition) is 1.